The van der Waals surface area contributed by atoms with Gasteiger partial charge in [-0.15, -0.1) is 0 Å². The molecular formula is C16H23NO3. The van der Waals surface area contributed by atoms with Crippen LogP contribution in [0.2, 0.25) is 0 Å². The lowest BCUT2D eigenvalue weighted by atomic mass is 9.98. The number of piperidine rings is 1. The molecule has 20 heavy (non-hydrogen) atoms. The Morgan fingerprint density at radius 3 is 2.75 bits per heavy atom. The van der Waals surface area contributed by atoms with Gasteiger partial charge in [0.25, 0.3) is 0 Å². The number of methoxy groups -OCH3 is 1. The van der Waals surface area contributed by atoms with E-state index in [9.17, 15) is 9.90 Å². The highest BCUT2D eigenvalue weighted by Gasteiger charge is 2.28. The van der Waals surface area contributed by atoms with Crippen LogP contribution >= 0.6 is 0 Å². The minimum Gasteiger partial charge on any atom is -0.496 e. The van der Waals surface area contributed by atoms with Crippen molar-refractivity contribution in [3.63, 3.8) is 0 Å². The maximum atomic E-state index is 11.3. The molecule has 0 aromatic heterocycles. The first-order valence-electron chi connectivity index (χ1n) is 7.14. The summed E-state index contributed by atoms with van der Waals surface area (Å²) < 4.78 is 5.32. The van der Waals surface area contributed by atoms with E-state index in [1.54, 1.807) is 7.11 Å². The Kier molecular flexibility index (Phi) is 4.65. The minimum absolute atomic E-state index is 0.342. The fourth-order valence-corrected chi connectivity index (χ4v) is 2.92. The third-order valence-corrected chi connectivity index (χ3v) is 4.34. The Labute approximate surface area is 120 Å². The molecule has 1 unspecified atom stereocenters. The van der Waals surface area contributed by atoms with Crippen LogP contribution < -0.4 is 4.74 Å². The molecule has 1 saturated heterocycles. The predicted molar refractivity (Wildman–Crippen MR) is 78.2 cm³/mol. The number of hydrogen-bond donors (Lipinski definition) is 1. The Bertz CT molecular complexity index is 499. The fourth-order valence-electron chi connectivity index (χ4n) is 2.92. The van der Waals surface area contributed by atoms with Gasteiger partial charge in [-0.1, -0.05) is 12.5 Å². The topological polar surface area (TPSA) is 49.8 Å². The van der Waals surface area contributed by atoms with E-state index in [1.807, 2.05) is 13.0 Å². The number of ether oxygens (including phenoxy) is 1. The van der Waals surface area contributed by atoms with E-state index in [0.29, 0.717) is 6.54 Å². The van der Waals surface area contributed by atoms with Gasteiger partial charge in [-0.25, -0.2) is 0 Å². The van der Waals surface area contributed by atoms with E-state index in [2.05, 4.69) is 17.9 Å². The molecule has 1 N–H and O–H groups in total. The van der Waals surface area contributed by atoms with Gasteiger partial charge in [-0.2, -0.15) is 0 Å². The normalized spacial score (nSPS) is 19.9. The summed E-state index contributed by atoms with van der Waals surface area (Å²) >= 11 is 0. The van der Waals surface area contributed by atoms with Gasteiger partial charge in [0.2, 0.25) is 0 Å². The van der Waals surface area contributed by atoms with Crippen LogP contribution in [0.15, 0.2) is 12.1 Å². The minimum atomic E-state index is -0.701. The summed E-state index contributed by atoms with van der Waals surface area (Å²) in [6, 6.07) is 3.68. The van der Waals surface area contributed by atoms with Crippen molar-refractivity contribution in [2.75, 3.05) is 13.7 Å². The molecular weight excluding hydrogens is 254 g/mol. The number of carbonyl (C=O) groups is 1. The van der Waals surface area contributed by atoms with Crippen molar-refractivity contribution in [3.8, 4) is 5.75 Å². The third kappa shape index (κ3) is 2.96. The molecule has 0 spiro atoms. The van der Waals surface area contributed by atoms with Crippen LogP contribution in [0.1, 0.15) is 36.0 Å². The molecule has 4 nitrogen and oxygen atoms in total. The SMILES string of the molecule is COc1ccc(CN2CCCCC2C(=O)O)c(C)c1C. The van der Waals surface area contributed by atoms with Crippen molar-refractivity contribution in [2.45, 2.75) is 45.7 Å². The van der Waals surface area contributed by atoms with Crippen molar-refractivity contribution >= 4 is 5.97 Å². The summed E-state index contributed by atoms with van der Waals surface area (Å²) in [4.78, 5) is 13.4. The number of benzene rings is 1. The lowest BCUT2D eigenvalue weighted by molar-refractivity contribution is -0.144. The van der Waals surface area contributed by atoms with E-state index in [4.69, 9.17) is 4.74 Å². The third-order valence-electron chi connectivity index (χ3n) is 4.34. The molecule has 2 rings (SSSR count). The molecule has 1 heterocycles. The monoisotopic (exact) mass is 277 g/mol. The zero-order chi connectivity index (χ0) is 14.7. The van der Waals surface area contributed by atoms with Crippen LogP contribution in [0.5, 0.6) is 5.75 Å². The van der Waals surface area contributed by atoms with Gasteiger partial charge in [-0.3, -0.25) is 9.69 Å². The first kappa shape index (κ1) is 14.9. The summed E-state index contributed by atoms with van der Waals surface area (Å²) in [5, 5.41) is 9.33. The van der Waals surface area contributed by atoms with Crippen LogP contribution in [0.3, 0.4) is 0 Å². The van der Waals surface area contributed by atoms with Crippen molar-refractivity contribution in [2.24, 2.45) is 0 Å². The second-order valence-electron chi connectivity index (χ2n) is 5.50. The number of rotatable bonds is 4. The highest BCUT2D eigenvalue weighted by atomic mass is 16.5. The molecule has 1 aromatic rings. The smallest absolute Gasteiger partial charge is 0.320 e. The van der Waals surface area contributed by atoms with E-state index >= 15 is 0 Å². The van der Waals surface area contributed by atoms with E-state index < -0.39 is 5.97 Å². The Morgan fingerprint density at radius 2 is 2.10 bits per heavy atom. The van der Waals surface area contributed by atoms with Gasteiger partial charge >= 0.3 is 5.97 Å². The van der Waals surface area contributed by atoms with Gasteiger partial charge in [-0.05, 0) is 56.0 Å². The number of carboxylic acids is 1. The van der Waals surface area contributed by atoms with E-state index in [0.717, 1.165) is 37.1 Å². The van der Waals surface area contributed by atoms with Crippen LogP contribution in [-0.4, -0.2) is 35.7 Å². The van der Waals surface area contributed by atoms with Gasteiger partial charge in [0.15, 0.2) is 0 Å². The van der Waals surface area contributed by atoms with Gasteiger partial charge in [0.1, 0.15) is 11.8 Å². The number of carboxylic acid groups (broad SMARTS) is 1. The number of hydrogen-bond acceptors (Lipinski definition) is 3. The molecule has 0 aliphatic carbocycles. The molecule has 0 bridgehead atoms. The molecule has 1 aliphatic heterocycles. The maximum absolute atomic E-state index is 11.3. The fraction of sp³-hybridized carbons (Fsp3) is 0.562. The molecule has 1 aromatic carbocycles. The molecule has 0 radical (unpaired) electrons. The quantitative estimate of drug-likeness (QED) is 0.919. The Balaban J connectivity index is 2.20. The van der Waals surface area contributed by atoms with Crippen molar-refractivity contribution in [1.82, 2.24) is 4.90 Å². The lowest BCUT2D eigenvalue weighted by Crippen LogP contribution is -2.44. The molecule has 1 fully saturated rings. The first-order valence-corrected chi connectivity index (χ1v) is 7.14. The van der Waals surface area contributed by atoms with Gasteiger partial charge < -0.3 is 9.84 Å². The molecule has 1 atom stereocenters. The Hall–Kier alpha value is -1.55. The highest BCUT2D eigenvalue weighted by Crippen LogP contribution is 2.27. The average Bonchev–Trinajstić information content (AvgIpc) is 2.44. The second kappa shape index (κ2) is 6.27. The number of likely N-dealkylation sites (tertiary alicyclic amines) is 1. The van der Waals surface area contributed by atoms with E-state index in [1.165, 1.54) is 11.1 Å². The molecule has 4 heteroatoms. The predicted octanol–water partition coefficient (Wildman–Crippen LogP) is 2.75. The molecule has 0 amide bonds. The summed E-state index contributed by atoms with van der Waals surface area (Å²) in [6.45, 7) is 5.69. The van der Waals surface area contributed by atoms with E-state index in [-0.39, 0.29) is 6.04 Å². The van der Waals surface area contributed by atoms with Crippen LogP contribution in [0.4, 0.5) is 0 Å². The number of aliphatic carboxylic acids is 1. The van der Waals surface area contributed by atoms with Crippen molar-refractivity contribution in [1.29, 1.82) is 0 Å². The zero-order valence-corrected chi connectivity index (χ0v) is 12.5. The molecule has 1 aliphatic rings. The summed E-state index contributed by atoms with van der Waals surface area (Å²) in [6.07, 6.45) is 2.84. The standard InChI is InChI=1S/C16H23NO3/c1-11-12(2)15(20-3)8-7-13(11)10-17-9-5-4-6-14(17)16(18)19/h7-8,14H,4-6,9-10H2,1-3H3,(H,18,19). The first-order chi connectivity index (χ1) is 9.54. The van der Waals surface area contributed by atoms with Gasteiger partial charge in [0, 0.05) is 6.54 Å². The summed E-state index contributed by atoms with van der Waals surface area (Å²) in [7, 11) is 1.67. The summed E-state index contributed by atoms with van der Waals surface area (Å²) in [5.74, 6) is 0.187. The molecule has 0 saturated carbocycles. The van der Waals surface area contributed by atoms with Crippen molar-refractivity contribution in [3.05, 3.63) is 28.8 Å². The average molecular weight is 277 g/mol. The number of nitrogens with zero attached hydrogens (tertiary/aromatic N) is 1. The van der Waals surface area contributed by atoms with Crippen LogP contribution in [0.25, 0.3) is 0 Å². The largest absolute Gasteiger partial charge is 0.496 e. The zero-order valence-electron chi connectivity index (χ0n) is 12.5. The summed E-state index contributed by atoms with van der Waals surface area (Å²) in [5.41, 5.74) is 3.52. The maximum Gasteiger partial charge on any atom is 0.320 e. The van der Waals surface area contributed by atoms with Gasteiger partial charge in [0.05, 0.1) is 7.11 Å². The second-order valence-corrected chi connectivity index (χ2v) is 5.50. The Morgan fingerprint density at radius 1 is 1.35 bits per heavy atom. The molecule has 110 valence electrons. The van der Waals surface area contributed by atoms with Crippen LogP contribution in [0, 0.1) is 13.8 Å². The lowest BCUT2D eigenvalue weighted by Gasteiger charge is -2.33. The van der Waals surface area contributed by atoms with Crippen LogP contribution in [-0.2, 0) is 11.3 Å². The van der Waals surface area contributed by atoms with Crippen molar-refractivity contribution < 1.29 is 14.6 Å². The highest BCUT2D eigenvalue weighted by molar-refractivity contribution is 5.73.